The van der Waals surface area contributed by atoms with E-state index in [1.54, 1.807) is 0 Å². The summed E-state index contributed by atoms with van der Waals surface area (Å²) in [6.45, 7) is 17.6. The quantitative estimate of drug-likeness (QED) is 0.0795. The molecule has 5 aromatic carbocycles. The first-order valence-electron chi connectivity index (χ1n) is 20.0. The van der Waals surface area contributed by atoms with Crippen LogP contribution in [0.2, 0.25) is 0 Å². The Labute approximate surface area is 323 Å². The first-order valence-corrected chi connectivity index (χ1v) is 20.0. The van der Waals surface area contributed by atoms with E-state index in [1.807, 2.05) is 12.2 Å². The van der Waals surface area contributed by atoms with Gasteiger partial charge in [0.2, 0.25) is 0 Å². The highest BCUT2D eigenvalue weighted by molar-refractivity contribution is 5.65. The predicted molar refractivity (Wildman–Crippen MR) is 226 cm³/mol. The smallest absolute Gasteiger partial charge is 0.161 e. The van der Waals surface area contributed by atoms with E-state index in [0.29, 0.717) is 13.5 Å². The molecule has 4 heteroatoms. The zero-order valence-corrected chi connectivity index (χ0v) is 32.6. The molecule has 0 atom stereocenters. The number of fused-ring (bicyclic) bond motifs is 2. The van der Waals surface area contributed by atoms with E-state index < -0.39 is 5.41 Å². The number of ether oxygens (including phenoxy) is 2. The van der Waals surface area contributed by atoms with Crippen LogP contribution in [0.5, 0.6) is 11.5 Å². The molecule has 0 N–H and O–H groups in total. The summed E-state index contributed by atoms with van der Waals surface area (Å²) < 4.78 is 13.6. The minimum Gasteiger partial charge on any atom is -0.472 e. The Morgan fingerprint density at radius 3 is 1.44 bits per heavy atom. The zero-order valence-electron chi connectivity index (χ0n) is 32.6. The van der Waals surface area contributed by atoms with Crippen LogP contribution in [-0.2, 0) is 44.2 Å². The molecule has 2 heterocycles. The van der Waals surface area contributed by atoms with E-state index in [0.717, 1.165) is 50.3 Å². The highest BCUT2D eigenvalue weighted by Crippen LogP contribution is 2.49. The van der Waals surface area contributed by atoms with Crippen LogP contribution in [0, 0.1) is 0 Å². The molecule has 0 saturated heterocycles. The summed E-state index contributed by atoms with van der Waals surface area (Å²) in [7, 11) is 0. The minimum atomic E-state index is -0.526. The van der Waals surface area contributed by atoms with E-state index in [1.165, 1.54) is 87.1 Å². The van der Waals surface area contributed by atoms with Gasteiger partial charge in [0.25, 0.3) is 0 Å². The van der Waals surface area contributed by atoms with Gasteiger partial charge in [-0.15, -0.1) is 13.2 Å². The number of aryl methyl sites for hydroxylation is 2. The fourth-order valence-corrected chi connectivity index (χ4v) is 8.42. The molecule has 7 rings (SSSR count). The van der Waals surface area contributed by atoms with Gasteiger partial charge in [0.05, 0.1) is 13.1 Å². The molecule has 278 valence electrons. The average Bonchev–Trinajstić information content (AvgIpc) is 3.22. The van der Waals surface area contributed by atoms with Crippen molar-refractivity contribution < 1.29 is 9.47 Å². The van der Waals surface area contributed by atoms with Crippen LogP contribution in [0.1, 0.15) is 96.5 Å². The molecule has 5 aromatic rings. The van der Waals surface area contributed by atoms with Gasteiger partial charge in [0, 0.05) is 27.9 Å². The lowest BCUT2D eigenvalue weighted by molar-refractivity contribution is 0.283. The van der Waals surface area contributed by atoms with Gasteiger partial charge < -0.3 is 19.3 Å². The van der Waals surface area contributed by atoms with E-state index in [-0.39, 0.29) is 0 Å². The Hall–Kier alpha value is -5.22. The monoisotopic (exact) mass is 716 g/mol. The van der Waals surface area contributed by atoms with Gasteiger partial charge in [-0.05, 0) is 109 Å². The van der Waals surface area contributed by atoms with Gasteiger partial charge in [-0.25, -0.2) is 0 Å². The second kappa shape index (κ2) is 16.8. The third-order valence-corrected chi connectivity index (χ3v) is 11.5. The van der Waals surface area contributed by atoms with Crippen molar-refractivity contribution in [1.29, 1.82) is 0 Å². The molecule has 0 aliphatic carbocycles. The van der Waals surface area contributed by atoms with Gasteiger partial charge in [0.15, 0.2) is 13.5 Å². The highest BCUT2D eigenvalue weighted by atomic mass is 16.5. The van der Waals surface area contributed by atoms with Crippen LogP contribution in [-0.4, -0.2) is 13.5 Å². The maximum absolute atomic E-state index is 6.78. The van der Waals surface area contributed by atoms with E-state index in [4.69, 9.17) is 9.47 Å². The first-order chi connectivity index (χ1) is 26.5. The summed E-state index contributed by atoms with van der Waals surface area (Å²) >= 11 is 0. The third-order valence-electron chi connectivity index (χ3n) is 11.5. The van der Waals surface area contributed by atoms with Crippen LogP contribution >= 0.6 is 0 Å². The highest BCUT2D eigenvalue weighted by Gasteiger charge is 2.40. The number of unbranched alkanes of at least 4 members (excludes halogenated alkanes) is 2. The van der Waals surface area contributed by atoms with Crippen LogP contribution < -0.4 is 19.3 Å². The number of benzene rings is 5. The molecule has 4 nitrogen and oxygen atoms in total. The van der Waals surface area contributed by atoms with Crippen LogP contribution in [0.15, 0.2) is 128 Å². The van der Waals surface area contributed by atoms with Crippen molar-refractivity contribution in [3.8, 4) is 11.5 Å². The number of hydrogen-bond donors (Lipinski definition) is 0. The van der Waals surface area contributed by atoms with Crippen LogP contribution in [0.25, 0.3) is 0 Å². The largest absolute Gasteiger partial charge is 0.472 e. The lowest BCUT2D eigenvalue weighted by atomic mass is 9.67. The van der Waals surface area contributed by atoms with Crippen LogP contribution in [0.3, 0.4) is 0 Å². The van der Waals surface area contributed by atoms with E-state index in [9.17, 15) is 0 Å². The number of hydrogen-bond acceptors (Lipinski definition) is 4. The van der Waals surface area contributed by atoms with Gasteiger partial charge in [-0.3, -0.25) is 0 Å². The number of allylic oxidation sites excluding steroid dienone is 2. The fourth-order valence-electron chi connectivity index (χ4n) is 8.42. The summed E-state index contributed by atoms with van der Waals surface area (Å²) in [4.78, 5) is 4.74. The maximum Gasteiger partial charge on any atom is 0.161 e. The van der Waals surface area contributed by atoms with E-state index >= 15 is 0 Å². The summed E-state index contributed by atoms with van der Waals surface area (Å²) in [5, 5.41) is 0. The van der Waals surface area contributed by atoms with Crippen molar-refractivity contribution in [2.45, 2.75) is 90.6 Å². The summed E-state index contributed by atoms with van der Waals surface area (Å²) in [5.74, 6) is 1.98. The molecular weight excluding hydrogens is 661 g/mol. The predicted octanol–water partition coefficient (Wildman–Crippen LogP) is 11.9. The molecular formula is C50H56N2O2. The second-order valence-electron chi connectivity index (χ2n) is 15.1. The van der Waals surface area contributed by atoms with Crippen LogP contribution in [0.4, 0.5) is 11.4 Å². The molecule has 0 fully saturated rings. The number of rotatable bonds is 15. The number of nitrogens with zero attached hydrogens (tertiary/aromatic N) is 2. The minimum absolute atomic E-state index is 0.503. The standard InChI is InChI=1S/C50H56N2O2/c1-6-10-17-37-21-27-42(28-22-37)51-33-44-46(31-25-39(15-8-3)48(44)53-35-51)50(5,41-19-13-12-14-20-41)47-32-26-40(16-9-4)49-45(47)34-52(36-54-49)43-29-23-38(24-30-43)18-11-7-2/h8-9,12-14,19-32H,3-4,6-7,10-11,15-18,33-36H2,1-2,5H3. The molecule has 2 aliphatic heterocycles. The molecule has 0 bridgehead atoms. The topological polar surface area (TPSA) is 24.9 Å². The van der Waals surface area contributed by atoms with Crippen molar-refractivity contribution in [3.05, 3.63) is 179 Å². The molecule has 54 heavy (non-hydrogen) atoms. The van der Waals surface area contributed by atoms with Crippen molar-refractivity contribution in [2.75, 3.05) is 23.3 Å². The van der Waals surface area contributed by atoms with Gasteiger partial charge in [-0.2, -0.15) is 0 Å². The van der Waals surface area contributed by atoms with Gasteiger partial charge in [0.1, 0.15) is 11.5 Å². The summed E-state index contributed by atoms with van der Waals surface area (Å²) in [5.41, 5.74) is 13.1. The third kappa shape index (κ3) is 7.44. The van der Waals surface area contributed by atoms with E-state index in [2.05, 4.69) is 147 Å². The second-order valence-corrected chi connectivity index (χ2v) is 15.1. The number of anilines is 2. The summed E-state index contributed by atoms with van der Waals surface area (Å²) in [6, 6.07) is 38.4. The zero-order chi connectivity index (χ0) is 37.5. The fraction of sp³-hybridized carbons (Fsp3) is 0.320. The summed E-state index contributed by atoms with van der Waals surface area (Å²) in [6.07, 6.45) is 12.5. The van der Waals surface area contributed by atoms with Crippen molar-refractivity contribution in [2.24, 2.45) is 0 Å². The Balaban J connectivity index is 1.36. The van der Waals surface area contributed by atoms with Gasteiger partial charge >= 0.3 is 0 Å². The van der Waals surface area contributed by atoms with Crippen molar-refractivity contribution in [1.82, 2.24) is 0 Å². The maximum atomic E-state index is 6.78. The molecule has 0 unspecified atom stereocenters. The molecule has 0 spiro atoms. The Bertz CT molecular complexity index is 1920. The molecule has 0 saturated carbocycles. The molecule has 0 radical (unpaired) electrons. The lowest BCUT2D eigenvalue weighted by Gasteiger charge is -2.41. The Kier molecular flexibility index (Phi) is 11.6. The SMILES string of the molecule is C=CCc1ccc(C(C)(c2ccccc2)c2ccc(CC=C)c3c2CN(c2ccc(CCCC)cc2)CO3)c2c1OCN(c1ccc(CCCC)cc1)C2. The molecule has 0 aromatic heterocycles. The normalized spacial score (nSPS) is 13.8. The Morgan fingerprint density at radius 1 is 0.593 bits per heavy atom. The average molecular weight is 717 g/mol. The Morgan fingerprint density at radius 2 is 1.04 bits per heavy atom. The first kappa shape index (κ1) is 37.1. The molecule has 2 aliphatic rings. The lowest BCUT2D eigenvalue weighted by Crippen LogP contribution is -2.38. The van der Waals surface area contributed by atoms with Crippen molar-refractivity contribution >= 4 is 11.4 Å². The van der Waals surface area contributed by atoms with Crippen molar-refractivity contribution in [3.63, 3.8) is 0 Å². The molecule has 0 amide bonds. The van der Waals surface area contributed by atoms with Gasteiger partial charge in [-0.1, -0.05) is 118 Å².